The summed E-state index contributed by atoms with van der Waals surface area (Å²) in [6, 6.07) is 6.52. The molecule has 1 amide bonds. The predicted molar refractivity (Wildman–Crippen MR) is 89.5 cm³/mol. The maximum atomic E-state index is 13.0. The third-order valence-corrected chi connectivity index (χ3v) is 5.35. The minimum absolute atomic E-state index is 0.238. The van der Waals surface area contributed by atoms with Crippen molar-refractivity contribution in [3.05, 3.63) is 33.8 Å². The van der Waals surface area contributed by atoms with E-state index >= 15 is 0 Å². The Morgan fingerprint density at radius 1 is 1.19 bits per heavy atom. The number of benzene rings is 1. The lowest BCUT2D eigenvalue weighted by Crippen LogP contribution is -2.38. The van der Waals surface area contributed by atoms with Gasteiger partial charge in [0.2, 0.25) is 0 Å². The third-order valence-electron chi connectivity index (χ3n) is 4.86. The molecule has 2 nitrogen and oxygen atoms in total. The Labute approximate surface area is 136 Å². The van der Waals surface area contributed by atoms with Crippen molar-refractivity contribution in [3.63, 3.8) is 0 Å². The average Bonchev–Trinajstić information content (AvgIpc) is 3.32. The number of nitrogens with zero attached hydrogens (tertiary/aromatic N) is 1. The van der Waals surface area contributed by atoms with Gasteiger partial charge in [0.1, 0.15) is 0 Å². The highest BCUT2D eigenvalue weighted by Crippen LogP contribution is 2.33. The summed E-state index contributed by atoms with van der Waals surface area (Å²) >= 11 is 3.49. The molecule has 1 aromatic carbocycles. The maximum Gasteiger partial charge on any atom is 0.254 e. The Kier molecular flexibility index (Phi) is 4.68. The van der Waals surface area contributed by atoms with Crippen molar-refractivity contribution < 1.29 is 4.79 Å². The molecule has 0 aromatic heterocycles. The van der Waals surface area contributed by atoms with Crippen LogP contribution in [0, 0.1) is 12.8 Å². The van der Waals surface area contributed by atoms with Crippen LogP contribution in [0.15, 0.2) is 22.7 Å². The highest BCUT2D eigenvalue weighted by atomic mass is 79.9. The highest BCUT2D eigenvalue weighted by Gasteiger charge is 2.35. The summed E-state index contributed by atoms with van der Waals surface area (Å²) in [5, 5.41) is 0. The van der Waals surface area contributed by atoms with Gasteiger partial charge < -0.3 is 4.90 Å². The molecule has 2 aliphatic rings. The lowest BCUT2D eigenvalue weighted by atomic mass is 9.88. The molecule has 2 saturated carbocycles. The molecule has 0 heterocycles. The fourth-order valence-electron chi connectivity index (χ4n) is 3.41. The quantitative estimate of drug-likeness (QED) is 0.753. The first-order valence-electron chi connectivity index (χ1n) is 8.22. The number of aryl methyl sites for hydroxylation is 1. The Hall–Kier alpha value is -0.830. The molecule has 3 heteroatoms. The number of carbonyl (C=O) groups is 1. The van der Waals surface area contributed by atoms with E-state index in [0.717, 1.165) is 28.1 Å². The minimum atomic E-state index is 0.238. The van der Waals surface area contributed by atoms with Crippen LogP contribution in [-0.4, -0.2) is 23.4 Å². The van der Waals surface area contributed by atoms with Crippen LogP contribution in [0.5, 0.6) is 0 Å². The second-order valence-electron chi connectivity index (χ2n) is 6.65. The first-order valence-corrected chi connectivity index (χ1v) is 9.01. The summed E-state index contributed by atoms with van der Waals surface area (Å²) in [5.74, 6) is 0.956. The van der Waals surface area contributed by atoms with Gasteiger partial charge in [-0.3, -0.25) is 4.79 Å². The van der Waals surface area contributed by atoms with Crippen LogP contribution < -0.4 is 0 Å². The van der Waals surface area contributed by atoms with Crippen molar-refractivity contribution >= 4 is 21.8 Å². The molecule has 3 rings (SSSR count). The normalized spacial score (nSPS) is 19.5. The molecule has 0 unspecified atom stereocenters. The lowest BCUT2D eigenvalue weighted by Gasteiger charge is -2.30. The van der Waals surface area contributed by atoms with Gasteiger partial charge in [-0.2, -0.15) is 0 Å². The zero-order valence-corrected chi connectivity index (χ0v) is 14.4. The molecule has 0 bridgehead atoms. The van der Waals surface area contributed by atoms with E-state index in [9.17, 15) is 4.79 Å². The van der Waals surface area contributed by atoms with E-state index in [2.05, 4.69) is 20.8 Å². The molecular weight excluding hydrogens is 326 g/mol. The van der Waals surface area contributed by atoms with Gasteiger partial charge in [0.15, 0.2) is 0 Å². The molecule has 2 aliphatic carbocycles. The van der Waals surface area contributed by atoms with Crippen LogP contribution >= 0.6 is 15.9 Å². The molecule has 0 saturated heterocycles. The topological polar surface area (TPSA) is 20.3 Å². The van der Waals surface area contributed by atoms with Gasteiger partial charge in [-0.15, -0.1) is 0 Å². The fraction of sp³-hybridized carbons (Fsp3) is 0.611. The first-order chi connectivity index (χ1) is 10.1. The molecule has 1 aromatic rings. The molecule has 0 spiro atoms. The first kappa shape index (κ1) is 15.1. The van der Waals surface area contributed by atoms with E-state index < -0.39 is 0 Å². The Balaban J connectivity index is 1.76. The standard InChI is InChI=1S/C18H24BrNO/c1-13-7-8-15(19)11-17(13)18(21)20(16-9-10-16)12-14-5-3-2-4-6-14/h7-8,11,14,16H,2-6,9-10,12H2,1H3. The third kappa shape index (κ3) is 3.68. The molecular formula is C18H24BrNO. The van der Waals surface area contributed by atoms with Crippen molar-refractivity contribution in [1.29, 1.82) is 0 Å². The van der Waals surface area contributed by atoms with Crippen molar-refractivity contribution in [3.8, 4) is 0 Å². The summed E-state index contributed by atoms with van der Waals surface area (Å²) in [4.78, 5) is 15.1. The fourth-order valence-corrected chi connectivity index (χ4v) is 3.77. The Bertz CT molecular complexity index is 518. The van der Waals surface area contributed by atoms with E-state index in [0.29, 0.717) is 6.04 Å². The Morgan fingerprint density at radius 2 is 1.90 bits per heavy atom. The summed E-state index contributed by atoms with van der Waals surface area (Å²) in [6.45, 7) is 3.00. The number of hydrogen-bond acceptors (Lipinski definition) is 1. The molecule has 21 heavy (non-hydrogen) atoms. The molecule has 114 valence electrons. The van der Waals surface area contributed by atoms with Crippen LogP contribution in [0.25, 0.3) is 0 Å². The van der Waals surface area contributed by atoms with Gasteiger partial charge in [0.25, 0.3) is 5.91 Å². The predicted octanol–water partition coefficient (Wildman–Crippen LogP) is 4.94. The van der Waals surface area contributed by atoms with Crippen LogP contribution in [0.3, 0.4) is 0 Å². The van der Waals surface area contributed by atoms with Gasteiger partial charge in [-0.05, 0) is 56.2 Å². The lowest BCUT2D eigenvalue weighted by molar-refractivity contribution is 0.0698. The van der Waals surface area contributed by atoms with Crippen LogP contribution in [0.1, 0.15) is 60.9 Å². The number of carbonyl (C=O) groups excluding carboxylic acids is 1. The monoisotopic (exact) mass is 349 g/mol. The molecule has 0 N–H and O–H groups in total. The summed E-state index contributed by atoms with van der Waals surface area (Å²) in [6.07, 6.45) is 9.03. The summed E-state index contributed by atoms with van der Waals surface area (Å²) in [5.41, 5.74) is 1.95. The number of amides is 1. The van der Waals surface area contributed by atoms with E-state index in [-0.39, 0.29) is 5.91 Å². The van der Waals surface area contributed by atoms with E-state index in [4.69, 9.17) is 0 Å². The van der Waals surface area contributed by atoms with E-state index in [1.807, 2.05) is 25.1 Å². The van der Waals surface area contributed by atoms with Crippen molar-refractivity contribution in [2.75, 3.05) is 6.54 Å². The number of halogens is 1. The zero-order valence-electron chi connectivity index (χ0n) is 12.8. The van der Waals surface area contributed by atoms with Gasteiger partial charge >= 0.3 is 0 Å². The average molecular weight is 350 g/mol. The molecule has 2 fully saturated rings. The van der Waals surface area contributed by atoms with Crippen LogP contribution in [0.2, 0.25) is 0 Å². The second kappa shape index (κ2) is 6.51. The van der Waals surface area contributed by atoms with Gasteiger partial charge in [0, 0.05) is 22.6 Å². The van der Waals surface area contributed by atoms with E-state index in [1.165, 1.54) is 44.9 Å². The van der Waals surface area contributed by atoms with Gasteiger partial charge in [-0.1, -0.05) is 41.3 Å². The summed E-state index contributed by atoms with van der Waals surface area (Å²) in [7, 11) is 0. The zero-order chi connectivity index (χ0) is 14.8. The summed E-state index contributed by atoms with van der Waals surface area (Å²) < 4.78 is 0.991. The van der Waals surface area contributed by atoms with Crippen LogP contribution in [0.4, 0.5) is 0 Å². The van der Waals surface area contributed by atoms with Crippen molar-refractivity contribution in [2.24, 2.45) is 5.92 Å². The number of hydrogen-bond donors (Lipinski definition) is 0. The van der Waals surface area contributed by atoms with Crippen molar-refractivity contribution in [2.45, 2.75) is 57.9 Å². The Morgan fingerprint density at radius 3 is 2.57 bits per heavy atom. The highest BCUT2D eigenvalue weighted by molar-refractivity contribution is 9.10. The maximum absolute atomic E-state index is 13.0. The molecule has 0 atom stereocenters. The smallest absolute Gasteiger partial charge is 0.254 e. The largest absolute Gasteiger partial charge is 0.335 e. The number of rotatable bonds is 4. The van der Waals surface area contributed by atoms with Gasteiger partial charge in [-0.25, -0.2) is 0 Å². The molecule has 0 aliphatic heterocycles. The molecule has 0 radical (unpaired) electrons. The van der Waals surface area contributed by atoms with E-state index in [1.54, 1.807) is 0 Å². The SMILES string of the molecule is Cc1ccc(Br)cc1C(=O)N(CC1CCCCC1)C1CC1. The van der Waals surface area contributed by atoms with Crippen LogP contribution in [-0.2, 0) is 0 Å². The second-order valence-corrected chi connectivity index (χ2v) is 7.57. The van der Waals surface area contributed by atoms with Crippen molar-refractivity contribution in [1.82, 2.24) is 4.90 Å². The van der Waals surface area contributed by atoms with Gasteiger partial charge in [0.05, 0.1) is 0 Å². The minimum Gasteiger partial charge on any atom is -0.335 e.